The minimum atomic E-state index is 0.604. The van der Waals surface area contributed by atoms with Gasteiger partial charge in [0.05, 0.1) is 4.88 Å². The summed E-state index contributed by atoms with van der Waals surface area (Å²) in [4.78, 5) is 5.28. The number of hydrogen-bond acceptors (Lipinski definition) is 5. The van der Waals surface area contributed by atoms with Crippen molar-refractivity contribution in [1.29, 1.82) is 0 Å². The minimum absolute atomic E-state index is 0.604. The van der Waals surface area contributed by atoms with Crippen LogP contribution in [0.1, 0.15) is 12.2 Å². The first-order valence-electron chi connectivity index (χ1n) is 4.46. The van der Waals surface area contributed by atoms with Gasteiger partial charge in [0, 0.05) is 6.42 Å². The van der Waals surface area contributed by atoms with E-state index < -0.39 is 0 Å². The second-order valence-corrected chi connectivity index (χ2v) is 3.83. The van der Waals surface area contributed by atoms with Crippen LogP contribution in [0, 0.1) is 0 Å². The van der Waals surface area contributed by atoms with E-state index in [9.17, 15) is 0 Å². The average molecular weight is 209 g/mol. The number of aromatic nitrogens is 2. The highest BCUT2D eigenvalue weighted by atomic mass is 32.1. The van der Waals surface area contributed by atoms with Crippen LogP contribution in [-0.2, 0) is 6.42 Å². The molecule has 14 heavy (non-hydrogen) atoms. The zero-order valence-corrected chi connectivity index (χ0v) is 8.46. The summed E-state index contributed by atoms with van der Waals surface area (Å²) in [5.74, 6) is 1.34. The van der Waals surface area contributed by atoms with Crippen molar-refractivity contribution in [1.82, 2.24) is 10.1 Å². The van der Waals surface area contributed by atoms with Crippen LogP contribution in [0.4, 0.5) is 0 Å². The summed E-state index contributed by atoms with van der Waals surface area (Å²) in [5.41, 5.74) is 5.39. The lowest BCUT2D eigenvalue weighted by Crippen LogP contribution is -2.01. The van der Waals surface area contributed by atoms with Crippen molar-refractivity contribution in [2.24, 2.45) is 5.73 Å². The van der Waals surface area contributed by atoms with Gasteiger partial charge in [0.2, 0.25) is 0 Å². The topological polar surface area (TPSA) is 64.9 Å². The molecule has 0 aliphatic carbocycles. The highest BCUT2D eigenvalue weighted by molar-refractivity contribution is 7.13. The summed E-state index contributed by atoms with van der Waals surface area (Å²) < 4.78 is 5.11. The molecule has 0 fully saturated rings. The molecule has 0 aromatic carbocycles. The summed E-state index contributed by atoms with van der Waals surface area (Å²) in [5, 5.41) is 5.86. The molecule has 74 valence electrons. The van der Waals surface area contributed by atoms with Crippen molar-refractivity contribution in [2.45, 2.75) is 12.8 Å². The quantitative estimate of drug-likeness (QED) is 0.832. The number of nitrogens with two attached hydrogens (primary N) is 1. The molecule has 2 aromatic rings. The predicted molar refractivity (Wildman–Crippen MR) is 55.0 cm³/mol. The van der Waals surface area contributed by atoms with Gasteiger partial charge in [-0.05, 0) is 24.4 Å². The highest BCUT2D eigenvalue weighted by Crippen LogP contribution is 2.22. The fourth-order valence-corrected chi connectivity index (χ4v) is 1.76. The molecule has 2 heterocycles. The minimum Gasteiger partial charge on any atom is -0.333 e. The van der Waals surface area contributed by atoms with E-state index in [2.05, 4.69) is 10.1 Å². The van der Waals surface area contributed by atoms with E-state index in [0.717, 1.165) is 23.5 Å². The van der Waals surface area contributed by atoms with Gasteiger partial charge in [-0.1, -0.05) is 11.2 Å². The third-order valence-corrected chi connectivity index (χ3v) is 2.66. The summed E-state index contributed by atoms with van der Waals surface area (Å²) in [7, 11) is 0. The Labute approximate surface area is 85.7 Å². The molecule has 0 aliphatic heterocycles. The molecular formula is C9H11N3OS. The molecule has 0 saturated heterocycles. The van der Waals surface area contributed by atoms with Gasteiger partial charge in [0.25, 0.3) is 5.89 Å². The van der Waals surface area contributed by atoms with E-state index in [1.54, 1.807) is 11.3 Å². The van der Waals surface area contributed by atoms with Gasteiger partial charge in [-0.3, -0.25) is 0 Å². The fourth-order valence-electron chi connectivity index (χ4n) is 1.12. The van der Waals surface area contributed by atoms with E-state index in [-0.39, 0.29) is 0 Å². The third-order valence-electron chi connectivity index (χ3n) is 1.80. The van der Waals surface area contributed by atoms with E-state index >= 15 is 0 Å². The third kappa shape index (κ3) is 2.00. The Morgan fingerprint density at radius 3 is 3.14 bits per heavy atom. The lowest BCUT2D eigenvalue weighted by atomic mass is 10.3. The van der Waals surface area contributed by atoms with Crippen molar-refractivity contribution in [3.05, 3.63) is 23.3 Å². The van der Waals surface area contributed by atoms with Crippen molar-refractivity contribution in [3.63, 3.8) is 0 Å². The summed E-state index contributed by atoms with van der Waals surface area (Å²) >= 11 is 1.59. The van der Waals surface area contributed by atoms with Crippen LogP contribution >= 0.6 is 11.3 Å². The van der Waals surface area contributed by atoms with Gasteiger partial charge < -0.3 is 10.3 Å². The molecule has 4 nitrogen and oxygen atoms in total. The largest absolute Gasteiger partial charge is 0.333 e. The van der Waals surface area contributed by atoms with Gasteiger partial charge >= 0.3 is 0 Å². The van der Waals surface area contributed by atoms with E-state index in [0.29, 0.717) is 12.4 Å². The second kappa shape index (κ2) is 4.34. The lowest BCUT2D eigenvalue weighted by molar-refractivity contribution is 0.422. The maximum atomic E-state index is 5.39. The summed E-state index contributed by atoms with van der Waals surface area (Å²) in [6.07, 6.45) is 1.68. The van der Waals surface area contributed by atoms with Crippen molar-refractivity contribution in [2.75, 3.05) is 6.54 Å². The van der Waals surface area contributed by atoms with Gasteiger partial charge in [0.1, 0.15) is 0 Å². The summed E-state index contributed by atoms with van der Waals surface area (Å²) in [6.45, 7) is 0.656. The number of aryl methyl sites for hydroxylation is 1. The molecule has 2 aromatic heterocycles. The molecule has 0 saturated carbocycles. The molecule has 0 radical (unpaired) electrons. The van der Waals surface area contributed by atoms with E-state index in [1.165, 1.54) is 0 Å². The average Bonchev–Trinajstić information content (AvgIpc) is 2.85. The first kappa shape index (κ1) is 9.36. The van der Waals surface area contributed by atoms with Crippen LogP contribution in [0.2, 0.25) is 0 Å². The Morgan fingerprint density at radius 2 is 2.43 bits per heavy atom. The zero-order chi connectivity index (χ0) is 9.80. The molecule has 0 spiro atoms. The van der Waals surface area contributed by atoms with Crippen LogP contribution in [0.25, 0.3) is 10.8 Å². The molecule has 0 atom stereocenters. The second-order valence-electron chi connectivity index (χ2n) is 2.89. The van der Waals surface area contributed by atoms with Gasteiger partial charge in [-0.15, -0.1) is 11.3 Å². The molecule has 5 heteroatoms. The Kier molecular flexibility index (Phi) is 2.90. The fraction of sp³-hybridized carbons (Fsp3) is 0.333. The Balaban J connectivity index is 2.10. The number of rotatable bonds is 4. The lowest BCUT2D eigenvalue weighted by Gasteiger charge is -1.87. The molecule has 2 rings (SSSR count). The Hall–Kier alpha value is -1.20. The van der Waals surface area contributed by atoms with Gasteiger partial charge in [-0.2, -0.15) is 4.98 Å². The molecule has 0 bridgehead atoms. The van der Waals surface area contributed by atoms with Crippen molar-refractivity contribution < 1.29 is 4.52 Å². The normalized spacial score (nSPS) is 10.6. The highest BCUT2D eigenvalue weighted by Gasteiger charge is 2.08. The molecule has 0 unspecified atom stereocenters. The molecule has 0 amide bonds. The number of nitrogens with zero attached hydrogens (tertiary/aromatic N) is 2. The maximum Gasteiger partial charge on any atom is 0.267 e. The van der Waals surface area contributed by atoms with Crippen LogP contribution < -0.4 is 5.73 Å². The zero-order valence-electron chi connectivity index (χ0n) is 7.64. The van der Waals surface area contributed by atoms with E-state index in [1.807, 2.05) is 17.5 Å². The van der Waals surface area contributed by atoms with Gasteiger partial charge in [-0.25, -0.2) is 0 Å². The van der Waals surface area contributed by atoms with E-state index in [4.69, 9.17) is 10.3 Å². The first-order valence-corrected chi connectivity index (χ1v) is 5.34. The Bertz CT molecular complexity index is 382. The van der Waals surface area contributed by atoms with Crippen LogP contribution in [-0.4, -0.2) is 16.7 Å². The van der Waals surface area contributed by atoms with Crippen LogP contribution in [0.3, 0.4) is 0 Å². The number of thiophene rings is 1. The molecule has 0 aliphatic rings. The number of hydrogen-bond donors (Lipinski definition) is 1. The monoisotopic (exact) mass is 209 g/mol. The van der Waals surface area contributed by atoms with Crippen LogP contribution in [0.5, 0.6) is 0 Å². The van der Waals surface area contributed by atoms with Crippen molar-refractivity contribution >= 4 is 11.3 Å². The SMILES string of the molecule is NCCCc1noc(-c2cccs2)n1. The Morgan fingerprint density at radius 1 is 1.50 bits per heavy atom. The standard InChI is InChI=1S/C9H11N3OS/c10-5-1-4-8-11-9(13-12-8)7-3-2-6-14-7/h2-3,6H,1,4-5,10H2. The molecular weight excluding hydrogens is 198 g/mol. The first-order chi connectivity index (χ1) is 6.90. The molecule has 2 N–H and O–H groups in total. The predicted octanol–water partition coefficient (Wildman–Crippen LogP) is 1.69. The van der Waals surface area contributed by atoms with Crippen LogP contribution in [0.15, 0.2) is 22.0 Å². The smallest absolute Gasteiger partial charge is 0.267 e. The van der Waals surface area contributed by atoms with Crippen molar-refractivity contribution in [3.8, 4) is 10.8 Å². The van der Waals surface area contributed by atoms with Gasteiger partial charge in [0.15, 0.2) is 5.82 Å². The summed E-state index contributed by atoms with van der Waals surface area (Å²) in [6, 6.07) is 3.93. The maximum absolute atomic E-state index is 5.39.